The summed E-state index contributed by atoms with van der Waals surface area (Å²) in [6.07, 6.45) is 3.83. The molecule has 2 aromatic carbocycles. The molecule has 1 heterocycles. The van der Waals surface area contributed by atoms with Crippen LogP contribution in [0.1, 0.15) is 43.7 Å². The number of amides is 1. The third-order valence-corrected chi connectivity index (χ3v) is 7.07. The molecule has 172 valence electrons. The number of nitrogens with zero attached hydrogens (tertiary/aromatic N) is 3. The summed E-state index contributed by atoms with van der Waals surface area (Å²) in [5.74, 6) is -0.133. The molecule has 0 aliphatic carbocycles. The van der Waals surface area contributed by atoms with Gasteiger partial charge in [-0.2, -0.15) is 10.5 Å². The highest BCUT2D eigenvalue weighted by molar-refractivity contribution is 14.1. The molecule has 33 heavy (non-hydrogen) atoms. The van der Waals surface area contributed by atoms with Crippen molar-refractivity contribution in [1.29, 1.82) is 10.5 Å². The molecular formula is C26H29IN4O2. The van der Waals surface area contributed by atoms with Gasteiger partial charge in [0, 0.05) is 19.6 Å². The highest BCUT2D eigenvalue weighted by Crippen LogP contribution is 2.28. The van der Waals surface area contributed by atoms with Crippen LogP contribution in [0.4, 0.5) is 0 Å². The number of ether oxygens (including phenoxy) is 1. The standard InChI is InChI=1S/C26H29IN4O2/c1-2-3-13-26(19-30-14-4-15-33-26)25(32)31(27)24(18-29)16-20-5-9-22(10-6-20)23-11-7-21(17-28)8-12-23/h5-12,24,30H,2-4,13-16,19H2,1H3/t24-,26?/m0/s1. The van der Waals surface area contributed by atoms with Crippen LogP contribution >= 0.6 is 22.9 Å². The minimum atomic E-state index is -0.914. The molecule has 1 saturated heterocycles. The van der Waals surface area contributed by atoms with Gasteiger partial charge in [-0.25, -0.2) is 0 Å². The Morgan fingerprint density at radius 1 is 1.18 bits per heavy atom. The highest BCUT2D eigenvalue weighted by Gasteiger charge is 2.43. The molecule has 0 radical (unpaired) electrons. The average Bonchev–Trinajstić information content (AvgIpc) is 3.12. The molecular weight excluding hydrogens is 527 g/mol. The van der Waals surface area contributed by atoms with Gasteiger partial charge in [0.05, 0.1) is 40.6 Å². The molecule has 0 aromatic heterocycles. The van der Waals surface area contributed by atoms with Gasteiger partial charge >= 0.3 is 0 Å². The Hall–Kier alpha value is -2.46. The summed E-state index contributed by atoms with van der Waals surface area (Å²) in [6, 6.07) is 19.3. The zero-order chi connectivity index (χ0) is 23.7. The van der Waals surface area contributed by atoms with E-state index in [1.807, 2.05) is 59.3 Å². The monoisotopic (exact) mass is 556 g/mol. The highest BCUT2D eigenvalue weighted by atomic mass is 127. The Balaban J connectivity index is 1.72. The minimum absolute atomic E-state index is 0.133. The van der Waals surface area contributed by atoms with E-state index in [1.165, 1.54) is 3.11 Å². The molecule has 2 atom stereocenters. The summed E-state index contributed by atoms with van der Waals surface area (Å²) in [5.41, 5.74) is 2.76. The van der Waals surface area contributed by atoms with Crippen LogP contribution in [0, 0.1) is 22.7 Å². The third-order valence-electron chi connectivity index (χ3n) is 5.96. The Kier molecular flexibility index (Phi) is 9.25. The first-order valence-electron chi connectivity index (χ1n) is 11.4. The molecule has 3 rings (SSSR count). The first kappa shape index (κ1) is 25.2. The first-order chi connectivity index (χ1) is 16.0. The molecule has 6 nitrogen and oxygen atoms in total. The topological polar surface area (TPSA) is 89.2 Å². The van der Waals surface area contributed by atoms with Crippen molar-refractivity contribution in [3.8, 4) is 23.3 Å². The SMILES string of the molecule is CCCCC1(C(=O)N(I)[C@H](C#N)Cc2ccc(-c3ccc(C#N)cc3)cc2)CNCCCO1. The van der Waals surface area contributed by atoms with E-state index in [4.69, 9.17) is 10.00 Å². The number of carbonyl (C=O) groups is 1. The Morgan fingerprint density at radius 2 is 1.85 bits per heavy atom. The van der Waals surface area contributed by atoms with Crippen molar-refractivity contribution in [2.75, 3.05) is 19.7 Å². The van der Waals surface area contributed by atoms with Crippen LogP contribution in [0.15, 0.2) is 48.5 Å². The van der Waals surface area contributed by atoms with E-state index in [1.54, 1.807) is 12.1 Å². The van der Waals surface area contributed by atoms with Crippen molar-refractivity contribution in [3.63, 3.8) is 0 Å². The minimum Gasteiger partial charge on any atom is -0.364 e. The number of rotatable bonds is 8. The smallest absolute Gasteiger partial charge is 0.266 e. The van der Waals surface area contributed by atoms with Crippen molar-refractivity contribution in [1.82, 2.24) is 8.43 Å². The zero-order valence-corrected chi connectivity index (χ0v) is 21.0. The molecule has 1 unspecified atom stereocenters. The van der Waals surface area contributed by atoms with Crippen molar-refractivity contribution in [3.05, 3.63) is 59.7 Å². The lowest BCUT2D eigenvalue weighted by Crippen LogP contribution is -2.55. The maximum atomic E-state index is 13.5. The fourth-order valence-corrected chi connectivity index (χ4v) is 4.74. The van der Waals surface area contributed by atoms with E-state index < -0.39 is 11.6 Å². The van der Waals surface area contributed by atoms with Gasteiger partial charge in [-0.05, 0) is 48.2 Å². The number of hydrogen-bond acceptors (Lipinski definition) is 5. The van der Waals surface area contributed by atoms with Crippen molar-refractivity contribution in [2.45, 2.75) is 50.7 Å². The molecule has 0 spiro atoms. The number of unbranched alkanes of at least 4 members (excludes halogenated alkanes) is 1. The van der Waals surface area contributed by atoms with Crippen LogP contribution in [0.5, 0.6) is 0 Å². The van der Waals surface area contributed by atoms with Crippen LogP contribution < -0.4 is 5.32 Å². The second kappa shape index (κ2) is 12.1. The number of carbonyl (C=O) groups excluding carboxylic acids is 1. The van der Waals surface area contributed by atoms with Crippen molar-refractivity contribution in [2.24, 2.45) is 0 Å². The van der Waals surface area contributed by atoms with Crippen molar-refractivity contribution >= 4 is 28.8 Å². The molecule has 1 N–H and O–H groups in total. The summed E-state index contributed by atoms with van der Waals surface area (Å²) in [5, 5.41) is 22.2. The molecule has 2 aromatic rings. The van der Waals surface area contributed by atoms with E-state index >= 15 is 0 Å². The number of nitriles is 2. The maximum Gasteiger partial charge on any atom is 0.266 e. The summed E-state index contributed by atoms with van der Waals surface area (Å²) in [4.78, 5) is 13.5. The van der Waals surface area contributed by atoms with Gasteiger partial charge in [0.25, 0.3) is 5.91 Å². The van der Waals surface area contributed by atoms with Crippen LogP contribution in [-0.2, 0) is 16.0 Å². The molecule has 0 saturated carbocycles. The Morgan fingerprint density at radius 3 is 2.45 bits per heavy atom. The van der Waals surface area contributed by atoms with Crippen molar-refractivity contribution < 1.29 is 9.53 Å². The molecule has 1 aliphatic rings. The van der Waals surface area contributed by atoms with Crippen LogP contribution in [-0.4, -0.2) is 40.4 Å². The van der Waals surface area contributed by atoms with E-state index in [-0.39, 0.29) is 5.91 Å². The third kappa shape index (κ3) is 6.32. The van der Waals surface area contributed by atoms with E-state index in [2.05, 4.69) is 24.4 Å². The maximum absolute atomic E-state index is 13.5. The number of nitrogens with one attached hydrogen (secondary N) is 1. The predicted octanol–water partition coefficient (Wildman–Crippen LogP) is 4.78. The lowest BCUT2D eigenvalue weighted by molar-refractivity contribution is -0.152. The number of benzene rings is 2. The van der Waals surface area contributed by atoms with Gasteiger partial charge < -0.3 is 10.1 Å². The normalized spacial score (nSPS) is 19.0. The average molecular weight is 556 g/mol. The van der Waals surface area contributed by atoms with Gasteiger partial charge in [-0.15, -0.1) is 0 Å². The quantitative estimate of drug-likeness (QED) is 0.374. The second-order valence-electron chi connectivity index (χ2n) is 8.33. The van der Waals surface area contributed by atoms with Gasteiger partial charge in [-0.1, -0.05) is 56.2 Å². The number of halogens is 1. The largest absolute Gasteiger partial charge is 0.364 e. The van der Waals surface area contributed by atoms with Gasteiger partial charge in [0.15, 0.2) is 5.60 Å². The van der Waals surface area contributed by atoms with E-state index in [9.17, 15) is 10.1 Å². The summed E-state index contributed by atoms with van der Waals surface area (Å²) >= 11 is 1.98. The Bertz CT molecular complexity index is 1000. The van der Waals surface area contributed by atoms with Gasteiger partial charge in [0.2, 0.25) is 0 Å². The molecule has 1 aliphatic heterocycles. The first-order valence-corrected chi connectivity index (χ1v) is 12.3. The molecule has 0 bridgehead atoms. The van der Waals surface area contributed by atoms with Crippen LogP contribution in [0.2, 0.25) is 0 Å². The molecule has 1 fully saturated rings. The lowest BCUT2D eigenvalue weighted by atomic mass is 9.94. The van der Waals surface area contributed by atoms with E-state index in [0.717, 1.165) is 42.5 Å². The second-order valence-corrected chi connectivity index (χ2v) is 9.37. The molecule has 7 heteroatoms. The fourth-order valence-electron chi connectivity index (χ4n) is 3.98. The van der Waals surface area contributed by atoms with Crippen LogP contribution in [0.25, 0.3) is 11.1 Å². The van der Waals surface area contributed by atoms with Crippen LogP contribution in [0.3, 0.4) is 0 Å². The summed E-state index contributed by atoms with van der Waals surface area (Å²) < 4.78 is 7.65. The summed E-state index contributed by atoms with van der Waals surface area (Å²) in [7, 11) is 0. The lowest BCUT2D eigenvalue weighted by Gasteiger charge is -2.35. The zero-order valence-electron chi connectivity index (χ0n) is 18.9. The van der Waals surface area contributed by atoms with Gasteiger partial charge in [0.1, 0.15) is 6.04 Å². The fraction of sp³-hybridized carbons (Fsp3) is 0.423. The summed E-state index contributed by atoms with van der Waals surface area (Å²) in [6.45, 7) is 3.95. The number of hydrogen-bond donors (Lipinski definition) is 1. The van der Waals surface area contributed by atoms with E-state index in [0.29, 0.717) is 31.6 Å². The Labute approximate surface area is 210 Å². The molecule has 1 amide bonds. The van der Waals surface area contributed by atoms with Gasteiger partial charge in [-0.3, -0.25) is 7.91 Å². The predicted molar refractivity (Wildman–Crippen MR) is 136 cm³/mol.